The molecule has 1 aromatic carbocycles. The van der Waals surface area contributed by atoms with Crippen LogP contribution in [0.15, 0.2) is 18.2 Å². The van der Waals surface area contributed by atoms with Crippen molar-refractivity contribution in [1.82, 2.24) is 5.32 Å². The Hall–Kier alpha value is -1.71. The lowest BCUT2D eigenvalue weighted by atomic mass is 10.1. The van der Waals surface area contributed by atoms with Crippen molar-refractivity contribution in [2.45, 2.75) is 33.7 Å². The van der Waals surface area contributed by atoms with E-state index in [0.717, 1.165) is 0 Å². The fraction of sp³-hybridized carbons (Fsp3) is 0.500. The Morgan fingerprint density at radius 1 is 1.39 bits per heavy atom. The van der Waals surface area contributed by atoms with Gasteiger partial charge in [-0.05, 0) is 31.9 Å². The minimum Gasteiger partial charge on any atom is -0.508 e. The monoisotopic (exact) mass is 251 g/mol. The van der Waals surface area contributed by atoms with Crippen LogP contribution in [0.2, 0.25) is 0 Å². The summed E-state index contributed by atoms with van der Waals surface area (Å²) in [4.78, 5) is 11.6. The molecule has 0 bridgehead atoms. The average molecular weight is 251 g/mol. The molecule has 0 heterocycles. The van der Waals surface area contributed by atoms with Gasteiger partial charge in [-0.2, -0.15) is 0 Å². The second kappa shape index (κ2) is 6.28. The van der Waals surface area contributed by atoms with Crippen molar-refractivity contribution in [3.63, 3.8) is 0 Å². The lowest BCUT2D eigenvalue weighted by Gasteiger charge is -2.17. The van der Waals surface area contributed by atoms with Crippen molar-refractivity contribution < 1.29 is 14.6 Å². The van der Waals surface area contributed by atoms with E-state index in [1.54, 1.807) is 25.1 Å². The zero-order valence-electron chi connectivity index (χ0n) is 11.4. The molecule has 0 saturated carbocycles. The van der Waals surface area contributed by atoms with Crippen LogP contribution in [0.25, 0.3) is 0 Å². The van der Waals surface area contributed by atoms with Crippen molar-refractivity contribution in [3.8, 4) is 11.5 Å². The predicted octanol–water partition coefficient (Wildman–Crippen LogP) is 2.24. The largest absolute Gasteiger partial charge is 0.508 e. The van der Waals surface area contributed by atoms with E-state index in [9.17, 15) is 9.90 Å². The predicted molar refractivity (Wildman–Crippen MR) is 70.8 cm³/mol. The van der Waals surface area contributed by atoms with Crippen molar-refractivity contribution in [3.05, 3.63) is 23.8 Å². The molecule has 18 heavy (non-hydrogen) atoms. The van der Waals surface area contributed by atoms with Crippen LogP contribution in [0.3, 0.4) is 0 Å². The number of carbonyl (C=O) groups is 1. The molecule has 4 heteroatoms. The molecule has 2 N–H and O–H groups in total. The van der Waals surface area contributed by atoms with E-state index in [4.69, 9.17) is 4.74 Å². The quantitative estimate of drug-likeness (QED) is 0.843. The highest BCUT2D eigenvalue weighted by atomic mass is 16.5. The second-order valence-corrected chi connectivity index (χ2v) is 4.79. The van der Waals surface area contributed by atoms with Crippen LogP contribution in [0.4, 0.5) is 0 Å². The van der Waals surface area contributed by atoms with Gasteiger partial charge in [0.05, 0.1) is 0 Å². The van der Waals surface area contributed by atoms with Gasteiger partial charge in [-0.3, -0.25) is 4.79 Å². The Bertz CT molecular complexity index is 416. The Balaban J connectivity index is 2.50. The molecule has 0 spiro atoms. The Labute approximate surface area is 108 Å². The number of benzene rings is 1. The summed E-state index contributed by atoms with van der Waals surface area (Å²) in [5, 5.41) is 12.4. The van der Waals surface area contributed by atoms with Gasteiger partial charge in [0.1, 0.15) is 11.5 Å². The van der Waals surface area contributed by atoms with E-state index in [1.165, 1.54) is 0 Å². The summed E-state index contributed by atoms with van der Waals surface area (Å²) in [7, 11) is 0. The number of hydrogen-bond acceptors (Lipinski definition) is 3. The molecular formula is C14H21NO3. The smallest absolute Gasteiger partial charge is 0.258 e. The van der Waals surface area contributed by atoms with Crippen molar-refractivity contribution in [1.29, 1.82) is 0 Å². The van der Waals surface area contributed by atoms with Gasteiger partial charge in [0.2, 0.25) is 0 Å². The molecule has 0 aliphatic heterocycles. The number of hydrogen-bond donors (Lipinski definition) is 2. The number of phenolic OH excluding ortho intramolecular Hbond substituents is 1. The summed E-state index contributed by atoms with van der Waals surface area (Å²) in [6.07, 6.45) is 0. The Morgan fingerprint density at radius 3 is 2.67 bits per heavy atom. The molecule has 1 unspecified atom stereocenters. The lowest BCUT2D eigenvalue weighted by Crippen LogP contribution is -2.39. The van der Waals surface area contributed by atoms with Gasteiger partial charge in [-0.25, -0.2) is 0 Å². The average Bonchev–Trinajstić information content (AvgIpc) is 2.31. The van der Waals surface area contributed by atoms with E-state index in [2.05, 4.69) is 5.32 Å². The van der Waals surface area contributed by atoms with Crippen molar-refractivity contribution in [2.75, 3.05) is 6.61 Å². The molecule has 0 fully saturated rings. The van der Waals surface area contributed by atoms with Crippen LogP contribution in [0.1, 0.15) is 26.3 Å². The first-order valence-corrected chi connectivity index (χ1v) is 6.12. The van der Waals surface area contributed by atoms with Crippen LogP contribution in [0.5, 0.6) is 11.5 Å². The molecule has 1 amide bonds. The van der Waals surface area contributed by atoms with E-state index in [1.807, 2.05) is 20.8 Å². The number of nitrogens with one attached hydrogen (secondary N) is 1. The zero-order chi connectivity index (χ0) is 13.7. The third-order valence-electron chi connectivity index (χ3n) is 3.00. The topological polar surface area (TPSA) is 58.6 Å². The molecule has 0 saturated heterocycles. The highest BCUT2D eigenvalue weighted by Crippen LogP contribution is 2.25. The molecule has 100 valence electrons. The highest BCUT2D eigenvalue weighted by molar-refractivity contribution is 5.77. The van der Waals surface area contributed by atoms with E-state index in [-0.39, 0.29) is 24.3 Å². The molecule has 1 aromatic rings. The lowest BCUT2D eigenvalue weighted by molar-refractivity contribution is -0.124. The molecule has 0 aromatic heterocycles. The first kappa shape index (κ1) is 14.4. The summed E-state index contributed by atoms with van der Waals surface area (Å²) in [5.74, 6) is 0.932. The van der Waals surface area contributed by atoms with Gasteiger partial charge >= 0.3 is 0 Å². The number of phenols is 1. The maximum absolute atomic E-state index is 11.6. The van der Waals surface area contributed by atoms with E-state index >= 15 is 0 Å². The van der Waals surface area contributed by atoms with E-state index < -0.39 is 0 Å². The van der Waals surface area contributed by atoms with Crippen LogP contribution >= 0.6 is 0 Å². The van der Waals surface area contributed by atoms with Crippen LogP contribution in [-0.2, 0) is 4.79 Å². The number of carbonyl (C=O) groups excluding carboxylic acids is 1. The van der Waals surface area contributed by atoms with Gasteiger partial charge in [0.15, 0.2) is 6.61 Å². The van der Waals surface area contributed by atoms with Crippen LogP contribution in [-0.4, -0.2) is 23.7 Å². The maximum Gasteiger partial charge on any atom is 0.258 e. The first-order valence-electron chi connectivity index (χ1n) is 6.12. The Kier molecular flexibility index (Phi) is 5.01. The normalized spacial score (nSPS) is 12.3. The Morgan fingerprint density at radius 2 is 2.06 bits per heavy atom. The highest BCUT2D eigenvalue weighted by Gasteiger charge is 2.12. The number of ether oxygens (including phenoxy) is 1. The molecular weight excluding hydrogens is 230 g/mol. The summed E-state index contributed by atoms with van der Waals surface area (Å²) in [6, 6.07) is 5.12. The van der Waals surface area contributed by atoms with Gasteiger partial charge in [0, 0.05) is 11.6 Å². The molecule has 1 atom stereocenters. The zero-order valence-corrected chi connectivity index (χ0v) is 11.4. The third kappa shape index (κ3) is 3.95. The van der Waals surface area contributed by atoms with Gasteiger partial charge in [-0.1, -0.05) is 19.9 Å². The summed E-state index contributed by atoms with van der Waals surface area (Å²) < 4.78 is 5.39. The second-order valence-electron chi connectivity index (χ2n) is 4.79. The van der Waals surface area contributed by atoms with Crippen molar-refractivity contribution in [2.24, 2.45) is 5.92 Å². The summed E-state index contributed by atoms with van der Waals surface area (Å²) in [6.45, 7) is 7.76. The standard InChI is InChI=1S/C14H21NO3/c1-9(2)11(4)15-14(17)8-18-13-7-5-6-12(16)10(13)3/h5-7,9,11,16H,8H2,1-4H3,(H,15,17). The molecule has 1 rings (SSSR count). The molecule has 4 nitrogen and oxygen atoms in total. The van der Waals surface area contributed by atoms with E-state index in [0.29, 0.717) is 17.2 Å². The number of aromatic hydroxyl groups is 1. The van der Waals surface area contributed by atoms with Crippen molar-refractivity contribution >= 4 is 5.91 Å². The van der Waals surface area contributed by atoms with Gasteiger partial charge in [0.25, 0.3) is 5.91 Å². The summed E-state index contributed by atoms with van der Waals surface area (Å²) in [5.41, 5.74) is 0.641. The molecule has 0 aliphatic rings. The SMILES string of the molecule is Cc1c(O)cccc1OCC(=O)NC(C)C(C)C. The van der Waals surface area contributed by atoms with Gasteiger partial charge < -0.3 is 15.2 Å². The summed E-state index contributed by atoms with van der Waals surface area (Å²) >= 11 is 0. The molecule has 0 radical (unpaired) electrons. The minimum atomic E-state index is -0.154. The third-order valence-corrected chi connectivity index (χ3v) is 3.00. The fourth-order valence-electron chi connectivity index (χ4n) is 1.36. The fourth-order valence-corrected chi connectivity index (χ4v) is 1.36. The maximum atomic E-state index is 11.6. The number of amides is 1. The minimum absolute atomic E-state index is 0.0403. The van der Waals surface area contributed by atoms with Gasteiger partial charge in [-0.15, -0.1) is 0 Å². The number of rotatable bonds is 5. The first-order chi connectivity index (χ1) is 8.41. The molecule has 0 aliphatic carbocycles. The van der Waals surface area contributed by atoms with Crippen LogP contribution < -0.4 is 10.1 Å². The van der Waals surface area contributed by atoms with Crippen LogP contribution in [0, 0.1) is 12.8 Å².